The normalized spacial score (nSPS) is 23.5. The lowest BCUT2D eigenvalue weighted by molar-refractivity contribution is -0.0366. The number of aryl methyl sites for hydroxylation is 1. The quantitative estimate of drug-likeness (QED) is 0.145. The minimum atomic E-state index is -0.857. The molecule has 3 aliphatic heterocycles. The molecule has 6 heterocycles. The number of ether oxygens (including phenoxy) is 3. The Hall–Kier alpha value is -5.00. The van der Waals surface area contributed by atoms with Gasteiger partial charge in [0.2, 0.25) is 5.88 Å². The number of benzene rings is 3. The first-order valence-electron chi connectivity index (χ1n) is 20.3. The highest BCUT2D eigenvalue weighted by Crippen LogP contribution is 2.66. The maximum atomic E-state index is 15.8. The van der Waals surface area contributed by atoms with Gasteiger partial charge in [0.15, 0.2) is 6.23 Å². The van der Waals surface area contributed by atoms with Crippen molar-refractivity contribution >= 4 is 21.7 Å². The van der Waals surface area contributed by atoms with Crippen molar-refractivity contribution in [1.29, 1.82) is 0 Å². The summed E-state index contributed by atoms with van der Waals surface area (Å²) in [6.45, 7) is 4.67. The van der Waals surface area contributed by atoms with Crippen LogP contribution in [-0.2, 0) is 23.2 Å². The van der Waals surface area contributed by atoms with Gasteiger partial charge in [-0.1, -0.05) is 43.3 Å². The van der Waals surface area contributed by atoms with E-state index in [2.05, 4.69) is 11.0 Å². The molecule has 3 saturated heterocycles. The van der Waals surface area contributed by atoms with E-state index in [4.69, 9.17) is 34.3 Å². The van der Waals surface area contributed by atoms with E-state index in [1.807, 2.05) is 66.5 Å². The molecule has 0 amide bonds. The minimum absolute atomic E-state index is 0.167. The minimum Gasteiger partial charge on any atom is -0.472 e. The highest BCUT2D eigenvalue weighted by Gasteiger charge is 2.57. The fraction of sp³-hybridized carbons (Fsp3) is 0.422. The predicted molar refractivity (Wildman–Crippen MR) is 209 cm³/mol. The standard InChI is InChI=1S/C45H44F2N6O3/c1-2-30-33(47)13-12-28-21-34-32(23-49-53(34)35-11-6-7-20-54-35)37(36(28)30)40-39-31(14-18-48-40)38-41(45(39)16-17-45)50-43(51-42(38)55-25-27-9-4-3-5-10-27)56-26-44-15-8-19-52(44)24-29(46)22-44/h3-5,9-10,12-14,18,21,23,29,35H,2,6-8,11,15-17,19-20,22,24-26H2,1H3/t29-,35?,44+/m1/s1. The summed E-state index contributed by atoms with van der Waals surface area (Å²) in [5, 5.41) is 7.64. The van der Waals surface area contributed by atoms with E-state index < -0.39 is 11.6 Å². The van der Waals surface area contributed by atoms with Crippen molar-refractivity contribution in [3.05, 3.63) is 95.2 Å². The molecule has 3 atom stereocenters. The zero-order chi connectivity index (χ0) is 37.6. The molecule has 0 bridgehead atoms. The van der Waals surface area contributed by atoms with Gasteiger partial charge < -0.3 is 14.2 Å². The van der Waals surface area contributed by atoms with Crippen LogP contribution >= 0.6 is 0 Å². The summed E-state index contributed by atoms with van der Waals surface area (Å²) in [7, 11) is 0. The van der Waals surface area contributed by atoms with Crippen molar-refractivity contribution in [2.75, 3.05) is 26.3 Å². The molecule has 1 saturated carbocycles. The van der Waals surface area contributed by atoms with Crippen LogP contribution < -0.4 is 9.47 Å². The second-order valence-electron chi connectivity index (χ2n) is 16.4. The predicted octanol–water partition coefficient (Wildman–Crippen LogP) is 9.04. The number of hydrogen-bond donors (Lipinski definition) is 0. The largest absolute Gasteiger partial charge is 0.472 e. The third-order valence-electron chi connectivity index (χ3n) is 13.2. The van der Waals surface area contributed by atoms with E-state index in [1.54, 1.807) is 6.07 Å². The fourth-order valence-corrected chi connectivity index (χ4v) is 10.4. The number of nitrogens with zero attached hydrogens (tertiary/aromatic N) is 6. The van der Waals surface area contributed by atoms with E-state index in [-0.39, 0.29) is 23.6 Å². The van der Waals surface area contributed by atoms with Crippen LogP contribution in [0.25, 0.3) is 44.1 Å². The first kappa shape index (κ1) is 34.3. The maximum Gasteiger partial charge on any atom is 0.320 e. The van der Waals surface area contributed by atoms with Crippen LogP contribution in [0, 0.1) is 5.82 Å². The van der Waals surface area contributed by atoms with Gasteiger partial charge in [0.05, 0.1) is 34.2 Å². The molecule has 5 aliphatic rings. The van der Waals surface area contributed by atoms with Gasteiger partial charge >= 0.3 is 6.01 Å². The molecule has 9 nitrogen and oxygen atoms in total. The van der Waals surface area contributed by atoms with Crippen LogP contribution in [-0.4, -0.2) is 67.6 Å². The number of rotatable bonds is 9. The zero-order valence-corrected chi connectivity index (χ0v) is 31.6. The Morgan fingerprint density at radius 2 is 1.88 bits per heavy atom. The van der Waals surface area contributed by atoms with Crippen LogP contribution in [0.1, 0.15) is 86.9 Å². The van der Waals surface area contributed by atoms with Gasteiger partial charge in [0.25, 0.3) is 0 Å². The van der Waals surface area contributed by atoms with Crippen LogP contribution in [0.3, 0.4) is 0 Å². The molecule has 3 aromatic heterocycles. The lowest BCUT2D eigenvalue weighted by atomic mass is 9.87. The van der Waals surface area contributed by atoms with Crippen molar-refractivity contribution in [2.45, 2.75) is 94.7 Å². The summed E-state index contributed by atoms with van der Waals surface area (Å²) in [5.41, 5.74) is 7.25. The molecule has 0 radical (unpaired) electrons. The molecule has 286 valence electrons. The van der Waals surface area contributed by atoms with Gasteiger partial charge in [-0.2, -0.15) is 15.1 Å². The third kappa shape index (κ3) is 5.22. The van der Waals surface area contributed by atoms with Gasteiger partial charge in [-0.15, -0.1) is 0 Å². The molecular weight excluding hydrogens is 711 g/mol. The molecule has 6 aromatic rings. The van der Waals surface area contributed by atoms with E-state index in [9.17, 15) is 4.39 Å². The number of pyridine rings is 1. The molecule has 0 N–H and O–H groups in total. The number of aromatic nitrogens is 5. The monoisotopic (exact) mass is 754 g/mol. The summed E-state index contributed by atoms with van der Waals surface area (Å²) in [6.07, 6.45) is 10.3. The van der Waals surface area contributed by atoms with Crippen LogP contribution in [0.15, 0.2) is 67.0 Å². The Morgan fingerprint density at radius 1 is 0.982 bits per heavy atom. The van der Waals surface area contributed by atoms with Gasteiger partial charge in [0.1, 0.15) is 25.2 Å². The van der Waals surface area contributed by atoms with E-state index in [0.717, 1.165) is 112 Å². The van der Waals surface area contributed by atoms with Crippen LogP contribution in [0.5, 0.6) is 11.9 Å². The first-order chi connectivity index (χ1) is 27.5. The SMILES string of the molecule is CCc1c(F)ccc2cc3c(cnn3C3CCCCO3)c(-c3nccc4c3C3(CC3)c3nc(OC[C@@]56CCCN5C[C@H](F)C6)nc(OCc5ccccc5)c3-4)c12. The molecule has 2 aliphatic carbocycles. The highest BCUT2D eigenvalue weighted by atomic mass is 19.1. The van der Waals surface area contributed by atoms with Crippen LogP contribution in [0.2, 0.25) is 0 Å². The number of halogens is 2. The van der Waals surface area contributed by atoms with Crippen molar-refractivity contribution < 1.29 is 23.0 Å². The molecule has 1 spiro atoms. The van der Waals surface area contributed by atoms with Gasteiger partial charge in [-0.05, 0) is 109 Å². The van der Waals surface area contributed by atoms with Crippen molar-refractivity contribution in [1.82, 2.24) is 29.6 Å². The third-order valence-corrected chi connectivity index (χ3v) is 13.2. The van der Waals surface area contributed by atoms with Crippen molar-refractivity contribution in [3.8, 4) is 34.3 Å². The smallest absolute Gasteiger partial charge is 0.320 e. The van der Waals surface area contributed by atoms with Gasteiger partial charge in [-0.25, -0.2) is 13.5 Å². The zero-order valence-electron chi connectivity index (χ0n) is 31.6. The molecule has 1 unspecified atom stereocenters. The Morgan fingerprint density at radius 3 is 2.70 bits per heavy atom. The topological polar surface area (TPSA) is 87.4 Å². The summed E-state index contributed by atoms with van der Waals surface area (Å²) >= 11 is 0. The molecular formula is C45H44F2N6O3. The van der Waals surface area contributed by atoms with E-state index in [1.165, 1.54) is 0 Å². The molecule has 11 heteroatoms. The molecule has 56 heavy (non-hydrogen) atoms. The summed E-state index contributed by atoms with van der Waals surface area (Å²) in [4.78, 5) is 17.6. The second kappa shape index (κ2) is 13.0. The lowest BCUT2D eigenvalue weighted by Gasteiger charge is -2.30. The average Bonchev–Trinajstić information content (AvgIpc) is 3.44. The van der Waals surface area contributed by atoms with Crippen molar-refractivity contribution in [3.63, 3.8) is 0 Å². The number of hydrogen-bond acceptors (Lipinski definition) is 8. The fourth-order valence-electron chi connectivity index (χ4n) is 10.4. The van der Waals surface area contributed by atoms with Crippen LogP contribution in [0.4, 0.5) is 8.78 Å². The average molecular weight is 755 g/mol. The Bertz CT molecular complexity index is 2520. The highest BCUT2D eigenvalue weighted by molar-refractivity contribution is 6.14. The molecule has 3 aromatic carbocycles. The van der Waals surface area contributed by atoms with E-state index in [0.29, 0.717) is 50.7 Å². The summed E-state index contributed by atoms with van der Waals surface area (Å²) < 4.78 is 52.0. The van der Waals surface area contributed by atoms with Gasteiger partial charge in [-0.3, -0.25) is 9.88 Å². The lowest BCUT2D eigenvalue weighted by Crippen LogP contribution is -2.43. The Balaban J connectivity index is 1.09. The number of fused-ring (bicyclic) bond motifs is 8. The Labute approximate surface area is 324 Å². The Kier molecular flexibility index (Phi) is 7.97. The van der Waals surface area contributed by atoms with E-state index >= 15 is 4.39 Å². The number of alkyl halides is 1. The maximum absolute atomic E-state index is 15.8. The summed E-state index contributed by atoms with van der Waals surface area (Å²) in [5.74, 6) is 0.226. The molecule has 4 fully saturated rings. The van der Waals surface area contributed by atoms with Crippen molar-refractivity contribution in [2.24, 2.45) is 0 Å². The second-order valence-corrected chi connectivity index (χ2v) is 16.4. The molecule has 11 rings (SSSR count). The van der Waals surface area contributed by atoms with Gasteiger partial charge in [0, 0.05) is 42.1 Å². The summed E-state index contributed by atoms with van der Waals surface area (Å²) in [6, 6.07) is 17.9. The first-order valence-corrected chi connectivity index (χ1v) is 20.3.